The Balaban J connectivity index is 1.46. The van der Waals surface area contributed by atoms with Crippen LogP contribution < -0.4 is 10.1 Å². The van der Waals surface area contributed by atoms with Crippen molar-refractivity contribution in [1.29, 1.82) is 0 Å². The quantitative estimate of drug-likeness (QED) is 0.912. The van der Waals surface area contributed by atoms with Crippen molar-refractivity contribution >= 4 is 0 Å². The van der Waals surface area contributed by atoms with E-state index in [2.05, 4.69) is 34.6 Å². The minimum atomic E-state index is 0.624. The number of hydrogen-bond acceptors (Lipinski definition) is 3. The minimum Gasteiger partial charge on any atom is -0.497 e. The maximum absolute atomic E-state index is 5.20. The van der Waals surface area contributed by atoms with Crippen molar-refractivity contribution in [3.63, 3.8) is 0 Å². The Morgan fingerprint density at radius 3 is 2.52 bits per heavy atom. The van der Waals surface area contributed by atoms with E-state index in [0.29, 0.717) is 12.0 Å². The first-order chi connectivity index (χ1) is 10.2. The molecule has 0 unspecified atom stereocenters. The number of nitrogens with zero attached hydrogens (tertiary/aromatic N) is 1. The lowest BCUT2D eigenvalue weighted by atomic mass is 9.76. The van der Waals surface area contributed by atoms with Gasteiger partial charge in [0, 0.05) is 24.5 Å². The molecule has 1 N–H and O–H groups in total. The summed E-state index contributed by atoms with van der Waals surface area (Å²) < 4.78 is 5.20. The molecule has 0 amide bonds. The summed E-state index contributed by atoms with van der Waals surface area (Å²) in [6.45, 7) is 2.93. The maximum Gasteiger partial charge on any atom is 0.118 e. The van der Waals surface area contributed by atoms with Crippen molar-refractivity contribution in [3.05, 3.63) is 59.4 Å². The van der Waals surface area contributed by atoms with E-state index in [0.717, 1.165) is 18.0 Å². The van der Waals surface area contributed by atoms with Crippen molar-refractivity contribution in [2.45, 2.75) is 38.3 Å². The molecule has 1 aromatic heterocycles. The highest BCUT2D eigenvalue weighted by Crippen LogP contribution is 2.37. The van der Waals surface area contributed by atoms with E-state index in [1.165, 1.54) is 24.0 Å². The van der Waals surface area contributed by atoms with Crippen LogP contribution in [0.25, 0.3) is 0 Å². The highest BCUT2D eigenvalue weighted by molar-refractivity contribution is 5.31. The van der Waals surface area contributed by atoms with Gasteiger partial charge in [-0.05, 0) is 55.0 Å². The average molecular weight is 282 g/mol. The van der Waals surface area contributed by atoms with E-state index in [1.807, 2.05) is 25.3 Å². The van der Waals surface area contributed by atoms with E-state index >= 15 is 0 Å². The van der Waals surface area contributed by atoms with Gasteiger partial charge >= 0.3 is 0 Å². The van der Waals surface area contributed by atoms with Crippen LogP contribution in [0, 0.1) is 6.92 Å². The van der Waals surface area contributed by atoms with E-state index in [1.54, 1.807) is 7.11 Å². The topological polar surface area (TPSA) is 34.1 Å². The minimum absolute atomic E-state index is 0.624. The molecule has 3 rings (SSSR count). The van der Waals surface area contributed by atoms with Gasteiger partial charge in [-0.1, -0.05) is 18.2 Å². The van der Waals surface area contributed by atoms with E-state index in [9.17, 15) is 0 Å². The first-order valence-corrected chi connectivity index (χ1v) is 7.53. The maximum atomic E-state index is 5.20. The van der Waals surface area contributed by atoms with Gasteiger partial charge < -0.3 is 10.1 Å². The molecular weight excluding hydrogens is 260 g/mol. The second-order valence-electron chi connectivity index (χ2n) is 5.83. The van der Waals surface area contributed by atoms with Crippen LogP contribution in [0.15, 0.2) is 42.6 Å². The third-order valence-electron chi connectivity index (χ3n) is 4.29. The zero-order valence-corrected chi connectivity index (χ0v) is 12.7. The second-order valence-corrected chi connectivity index (χ2v) is 5.83. The molecule has 3 heteroatoms. The molecule has 21 heavy (non-hydrogen) atoms. The molecule has 0 saturated heterocycles. The predicted molar refractivity (Wildman–Crippen MR) is 84.6 cm³/mol. The van der Waals surface area contributed by atoms with Crippen molar-refractivity contribution in [2.75, 3.05) is 7.11 Å². The summed E-state index contributed by atoms with van der Waals surface area (Å²) in [7, 11) is 1.71. The van der Waals surface area contributed by atoms with Crippen LogP contribution in [0.5, 0.6) is 5.75 Å². The molecule has 1 aliphatic rings. The molecule has 1 saturated carbocycles. The zero-order valence-electron chi connectivity index (χ0n) is 12.7. The molecular formula is C18H22N2O. The first-order valence-electron chi connectivity index (χ1n) is 7.53. The summed E-state index contributed by atoms with van der Waals surface area (Å²) in [6.07, 6.45) is 4.39. The third kappa shape index (κ3) is 3.42. The van der Waals surface area contributed by atoms with E-state index in [-0.39, 0.29) is 0 Å². The number of nitrogens with one attached hydrogen (secondary N) is 1. The summed E-state index contributed by atoms with van der Waals surface area (Å²) >= 11 is 0. The number of hydrogen-bond donors (Lipinski definition) is 1. The molecule has 0 bridgehead atoms. The van der Waals surface area contributed by atoms with Crippen LogP contribution in [0.3, 0.4) is 0 Å². The average Bonchev–Trinajstić information content (AvgIpc) is 2.48. The van der Waals surface area contributed by atoms with Crippen molar-refractivity contribution < 1.29 is 4.74 Å². The smallest absolute Gasteiger partial charge is 0.118 e. The standard InChI is InChI=1S/C18H22N2O/c1-13-3-4-14(11-19-13)12-20-17-9-16(10-17)15-5-7-18(21-2)8-6-15/h3-8,11,16-17,20H,9-10,12H2,1-2H3. The van der Waals surface area contributed by atoms with Crippen LogP contribution in [-0.4, -0.2) is 18.1 Å². The fourth-order valence-electron chi connectivity index (χ4n) is 2.80. The zero-order chi connectivity index (χ0) is 14.7. The summed E-state index contributed by atoms with van der Waals surface area (Å²) in [5.41, 5.74) is 3.75. The van der Waals surface area contributed by atoms with Crippen molar-refractivity contribution in [1.82, 2.24) is 10.3 Å². The van der Waals surface area contributed by atoms with Crippen LogP contribution in [0.4, 0.5) is 0 Å². The predicted octanol–water partition coefficient (Wildman–Crippen LogP) is 3.43. The number of benzene rings is 1. The third-order valence-corrected chi connectivity index (χ3v) is 4.29. The van der Waals surface area contributed by atoms with Crippen molar-refractivity contribution in [2.24, 2.45) is 0 Å². The van der Waals surface area contributed by atoms with Gasteiger partial charge in [-0.2, -0.15) is 0 Å². The van der Waals surface area contributed by atoms with Gasteiger partial charge in [0.05, 0.1) is 7.11 Å². The fraction of sp³-hybridized carbons (Fsp3) is 0.389. The fourth-order valence-corrected chi connectivity index (χ4v) is 2.80. The molecule has 3 nitrogen and oxygen atoms in total. The van der Waals surface area contributed by atoms with Crippen LogP contribution in [-0.2, 0) is 6.54 Å². The molecule has 1 aromatic carbocycles. The summed E-state index contributed by atoms with van der Waals surface area (Å²) in [5, 5.41) is 3.61. The van der Waals surface area contributed by atoms with Crippen LogP contribution in [0.2, 0.25) is 0 Å². The summed E-state index contributed by atoms with van der Waals surface area (Å²) in [6, 6.07) is 13.3. The van der Waals surface area contributed by atoms with E-state index < -0.39 is 0 Å². The first kappa shape index (κ1) is 14.1. The highest BCUT2D eigenvalue weighted by atomic mass is 16.5. The number of aryl methyl sites for hydroxylation is 1. The Bertz CT molecular complexity index is 571. The van der Waals surface area contributed by atoms with Gasteiger partial charge in [0.15, 0.2) is 0 Å². The van der Waals surface area contributed by atoms with Gasteiger partial charge in [-0.3, -0.25) is 4.98 Å². The van der Waals surface area contributed by atoms with Crippen LogP contribution >= 0.6 is 0 Å². The van der Waals surface area contributed by atoms with Crippen LogP contribution in [0.1, 0.15) is 35.6 Å². The molecule has 110 valence electrons. The second kappa shape index (κ2) is 6.27. The lowest BCUT2D eigenvalue weighted by Gasteiger charge is -2.36. The normalized spacial score (nSPS) is 20.9. The number of ether oxygens (including phenoxy) is 1. The molecule has 0 aliphatic heterocycles. The Kier molecular flexibility index (Phi) is 4.20. The van der Waals surface area contributed by atoms with Gasteiger partial charge in [0.25, 0.3) is 0 Å². The Morgan fingerprint density at radius 1 is 1.14 bits per heavy atom. The Morgan fingerprint density at radius 2 is 1.90 bits per heavy atom. The molecule has 1 aliphatic carbocycles. The monoisotopic (exact) mass is 282 g/mol. The lowest BCUT2D eigenvalue weighted by molar-refractivity contribution is 0.289. The Labute approximate surface area is 126 Å². The van der Waals surface area contributed by atoms with Gasteiger partial charge in [0.2, 0.25) is 0 Å². The number of rotatable bonds is 5. The lowest BCUT2D eigenvalue weighted by Crippen LogP contribution is -2.39. The van der Waals surface area contributed by atoms with Gasteiger partial charge in [0.1, 0.15) is 5.75 Å². The molecule has 0 spiro atoms. The van der Waals surface area contributed by atoms with Gasteiger partial charge in [-0.25, -0.2) is 0 Å². The highest BCUT2D eigenvalue weighted by Gasteiger charge is 2.29. The Hall–Kier alpha value is -1.87. The summed E-state index contributed by atoms with van der Waals surface area (Å²) in [5.74, 6) is 1.61. The number of pyridine rings is 1. The SMILES string of the molecule is COc1ccc(C2CC(NCc3ccc(C)nc3)C2)cc1. The van der Waals surface area contributed by atoms with Crippen molar-refractivity contribution in [3.8, 4) is 5.75 Å². The number of methoxy groups -OCH3 is 1. The van der Waals surface area contributed by atoms with Gasteiger partial charge in [-0.15, -0.1) is 0 Å². The molecule has 1 fully saturated rings. The van der Waals surface area contributed by atoms with E-state index in [4.69, 9.17) is 4.74 Å². The molecule has 1 heterocycles. The molecule has 0 radical (unpaired) electrons. The largest absolute Gasteiger partial charge is 0.497 e. The molecule has 0 atom stereocenters. The molecule has 2 aromatic rings. The summed E-state index contributed by atoms with van der Waals surface area (Å²) in [4.78, 5) is 4.33. The number of aromatic nitrogens is 1.